The SMILES string of the molecule is COCc1nc2n(n1)CCC[C@H]2NS(=O)(=O)c1cccc2c1OCCO2. The lowest BCUT2D eigenvalue weighted by Crippen LogP contribution is -2.34. The summed E-state index contributed by atoms with van der Waals surface area (Å²) < 4.78 is 46.5. The van der Waals surface area contributed by atoms with E-state index < -0.39 is 16.1 Å². The summed E-state index contributed by atoms with van der Waals surface area (Å²) in [6.45, 7) is 1.72. The lowest BCUT2D eigenvalue weighted by molar-refractivity contribution is 0.167. The summed E-state index contributed by atoms with van der Waals surface area (Å²) in [6, 6.07) is 4.40. The van der Waals surface area contributed by atoms with Crippen molar-refractivity contribution >= 4 is 10.0 Å². The van der Waals surface area contributed by atoms with Gasteiger partial charge in [-0.3, -0.25) is 0 Å². The van der Waals surface area contributed by atoms with Gasteiger partial charge in [0, 0.05) is 13.7 Å². The van der Waals surface area contributed by atoms with Crippen molar-refractivity contribution in [1.29, 1.82) is 0 Å². The van der Waals surface area contributed by atoms with Gasteiger partial charge in [0.1, 0.15) is 30.5 Å². The van der Waals surface area contributed by atoms with Crippen molar-refractivity contribution in [3.63, 3.8) is 0 Å². The predicted octanol–water partition coefficient (Wildman–Crippen LogP) is 1.01. The highest BCUT2D eigenvalue weighted by Crippen LogP contribution is 2.37. The van der Waals surface area contributed by atoms with E-state index in [1.54, 1.807) is 23.9 Å². The lowest BCUT2D eigenvalue weighted by Gasteiger charge is -2.25. The van der Waals surface area contributed by atoms with Gasteiger partial charge >= 0.3 is 0 Å². The van der Waals surface area contributed by atoms with E-state index in [4.69, 9.17) is 14.2 Å². The zero-order valence-corrected chi connectivity index (χ0v) is 15.2. The normalized spacial score (nSPS) is 19.2. The second-order valence-electron chi connectivity index (χ2n) is 6.14. The third kappa shape index (κ3) is 3.15. The molecule has 0 spiro atoms. The fourth-order valence-electron chi connectivity index (χ4n) is 3.21. The van der Waals surface area contributed by atoms with Crippen molar-refractivity contribution in [3.8, 4) is 11.5 Å². The van der Waals surface area contributed by atoms with Crippen LogP contribution >= 0.6 is 0 Å². The van der Waals surface area contributed by atoms with E-state index in [1.165, 1.54) is 6.07 Å². The Balaban J connectivity index is 1.64. The molecule has 26 heavy (non-hydrogen) atoms. The number of benzene rings is 1. The van der Waals surface area contributed by atoms with Gasteiger partial charge in [-0.05, 0) is 25.0 Å². The lowest BCUT2D eigenvalue weighted by atomic mass is 10.1. The van der Waals surface area contributed by atoms with Gasteiger partial charge in [0.05, 0.1) is 6.04 Å². The highest BCUT2D eigenvalue weighted by atomic mass is 32.2. The van der Waals surface area contributed by atoms with E-state index in [0.717, 1.165) is 6.42 Å². The molecule has 10 heteroatoms. The molecule has 2 aliphatic heterocycles. The van der Waals surface area contributed by atoms with Crippen LogP contribution < -0.4 is 14.2 Å². The molecule has 0 saturated carbocycles. The summed E-state index contributed by atoms with van der Waals surface area (Å²) in [4.78, 5) is 4.50. The van der Waals surface area contributed by atoms with Crippen molar-refractivity contribution in [2.24, 2.45) is 0 Å². The molecule has 9 nitrogen and oxygen atoms in total. The van der Waals surface area contributed by atoms with Gasteiger partial charge in [0.25, 0.3) is 0 Å². The average Bonchev–Trinajstić information content (AvgIpc) is 3.05. The minimum Gasteiger partial charge on any atom is -0.486 e. The van der Waals surface area contributed by atoms with Crippen LogP contribution in [0.4, 0.5) is 0 Å². The molecule has 0 fully saturated rings. The fraction of sp³-hybridized carbons (Fsp3) is 0.500. The van der Waals surface area contributed by atoms with Gasteiger partial charge in [0.15, 0.2) is 17.3 Å². The summed E-state index contributed by atoms with van der Waals surface area (Å²) in [5.41, 5.74) is 0. The topological polar surface area (TPSA) is 105 Å². The highest BCUT2D eigenvalue weighted by Gasteiger charge is 2.32. The molecule has 4 rings (SSSR count). The summed E-state index contributed by atoms with van der Waals surface area (Å²) >= 11 is 0. The molecular weight excluding hydrogens is 360 g/mol. The van der Waals surface area contributed by atoms with Crippen molar-refractivity contribution in [3.05, 3.63) is 29.8 Å². The molecule has 140 valence electrons. The zero-order valence-electron chi connectivity index (χ0n) is 14.3. The Bertz CT molecular complexity index is 911. The van der Waals surface area contributed by atoms with Gasteiger partial charge < -0.3 is 14.2 Å². The van der Waals surface area contributed by atoms with Crippen LogP contribution in [0.1, 0.15) is 30.5 Å². The van der Waals surface area contributed by atoms with Crippen LogP contribution in [0, 0.1) is 0 Å². The van der Waals surface area contributed by atoms with Crippen molar-refractivity contribution in [2.75, 3.05) is 20.3 Å². The fourth-order valence-corrected chi connectivity index (χ4v) is 4.60. The maximum atomic E-state index is 13.0. The van der Waals surface area contributed by atoms with Crippen LogP contribution in [-0.2, 0) is 27.9 Å². The van der Waals surface area contributed by atoms with Crippen LogP contribution in [0.3, 0.4) is 0 Å². The molecular formula is C16H20N4O5S. The number of fused-ring (bicyclic) bond motifs is 2. The van der Waals surface area contributed by atoms with E-state index in [1.807, 2.05) is 0 Å². The Morgan fingerprint density at radius 3 is 3.04 bits per heavy atom. The molecule has 0 unspecified atom stereocenters. The minimum absolute atomic E-state index is 0.0726. The summed E-state index contributed by atoms with van der Waals surface area (Å²) in [7, 11) is -2.24. The number of aryl methyl sites for hydroxylation is 1. The maximum Gasteiger partial charge on any atom is 0.245 e. The molecule has 3 heterocycles. The second kappa shape index (κ2) is 6.86. The van der Waals surface area contributed by atoms with Gasteiger partial charge in [-0.25, -0.2) is 22.8 Å². The van der Waals surface area contributed by atoms with Crippen LogP contribution in [-0.4, -0.2) is 43.5 Å². The third-order valence-corrected chi connectivity index (χ3v) is 5.80. The van der Waals surface area contributed by atoms with Gasteiger partial charge in [-0.15, -0.1) is 0 Å². The molecule has 1 aromatic heterocycles. The largest absolute Gasteiger partial charge is 0.486 e. The number of para-hydroxylation sites is 1. The zero-order chi connectivity index (χ0) is 18.1. The molecule has 1 atom stereocenters. The van der Waals surface area contributed by atoms with E-state index in [9.17, 15) is 8.42 Å². The van der Waals surface area contributed by atoms with E-state index >= 15 is 0 Å². The summed E-state index contributed by atoms with van der Waals surface area (Å²) in [5.74, 6) is 1.84. The van der Waals surface area contributed by atoms with Gasteiger partial charge in [0.2, 0.25) is 10.0 Å². The van der Waals surface area contributed by atoms with E-state index in [0.29, 0.717) is 43.6 Å². The maximum absolute atomic E-state index is 13.0. The van der Waals surface area contributed by atoms with Crippen molar-refractivity contribution in [2.45, 2.75) is 36.9 Å². The molecule has 0 radical (unpaired) electrons. The number of hydrogen-bond acceptors (Lipinski definition) is 7. The number of aromatic nitrogens is 3. The number of methoxy groups -OCH3 is 1. The number of ether oxygens (including phenoxy) is 3. The molecule has 2 aliphatic rings. The first-order chi connectivity index (χ1) is 12.6. The summed E-state index contributed by atoms with van der Waals surface area (Å²) in [5, 5.41) is 4.36. The quantitative estimate of drug-likeness (QED) is 0.825. The van der Waals surface area contributed by atoms with Gasteiger partial charge in [-0.2, -0.15) is 5.10 Å². The number of nitrogens with one attached hydrogen (secondary N) is 1. The monoisotopic (exact) mass is 380 g/mol. The molecule has 0 amide bonds. The van der Waals surface area contributed by atoms with Gasteiger partial charge in [-0.1, -0.05) is 6.07 Å². The average molecular weight is 380 g/mol. The third-order valence-electron chi connectivity index (χ3n) is 4.31. The summed E-state index contributed by atoms with van der Waals surface area (Å²) in [6.07, 6.45) is 1.46. The van der Waals surface area contributed by atoms with E-state index in [2.05, 4.69) is 14.8 Å². The first-order valence-electron chi connectivity index (χ1n) is 8.42. The Morgan fingerprint density at radius 1 is 1.35 bits per heavy atom. The molecule has 1 N–H and O–H groups in total. The smallest absolute Gasteiger partial charge is 0.245 e. The number of nitrogens with zero attached hydrogens (tertiary/aromatic N) is 3. The number of hydrogen-bond donors (Lipinski definition) is 1. The van der Waals surface area contributed by atoms with Crippen LogP contribution in [0.15, 0.2) is 23.1 Å². The number of rotatable bonds is 5. The van der Waals surface area contributed by atoms with Crippen molar-refractivity contribution < 1.29 is 22.6 Å². The molecule has 2 aromatic rings. The van der Waals surface area contributed by atoms with Crippen LogP contribution in [0.5, 0.6) is 11.5 Å². The Kier molecular flexibility index (Phi) is 4.55. The van der Waals surface area contributed by atoms with Crippen molar-refractivity contribution in [1.82, 2.24) is 19.5 Å². The molecule has 0 bridgehead atoms. The first-order valence-corrected chi connectivity index (χ1v) is 9.90. The Morgan fingerprint density at radius 2 is 2.19 bits per heavy atom. The predicted molar refractivity (Wildman–Crippen MR) is 90.5 cm³/mol. The molecule has 0 aliphatic carbocycles. The van der Waals surface area contributed by atoms with Crippen LogP contribution in [0.2, 0.25) is 0 Å². The first kappa shape index (κ1) is 17.3. The molecule has 1 aromatic carbocycles. The Hall–Kier alpha value is -2.17. The second-order valence-corrected chi connectivity index (χ2v) is 7.82. The number of sulfonamides is 1. The standard InChI is InChI=1S/C16H20N4O5S/c1-23-10-14-17-16-11(4-3-7-20(16)18-14)19-26(21,22)13-6-2-5-12-15(13)25-9-8-24-12/h2,5-6,11,19H,3-4,7-10H2,1H3/t11-/m1/s1. The van der Waals surface area contributed by atoms with Crippen LogP contribution in [0.25, 0.3) is 0 Å². The van der Waals surface area contributed by atoms with E-state index in [-0.39, 0.29) is 17.3 Å². The Labute approximate surface area is 151 Å². The highest BCUT2D eigenvalue weighted by molar-refractivity contribution is 7.89. The minimum atomic E-state index is -3.81. The molecule has 0 saturated heterocycles.